The van der Waals surface area contributed by atoms with Crippen LogP contribution >= 0.6 is 0 Å². The number of fused-ring (bicyclic) bond motifs is 1. The first kappa shape index (κ1) is 17.1. The van der Waals surface area contributed by atoms with E-state index in [4.69, 9.17) is 13.9 Å². The maximum absolute atomic E-state index is 13.2. The highest BCUT2D eigenvalue weighted by Gasteiger charge is 2.73. The number of aliphatic hydroxyl groups excluding tert-OH is 1. The smallest absolute Gasteiger partial charge is 0.313 e. The molecule has 5 rings (SSSR count). The molecule has 0 bridgehead atoms. The van der Waals surface area contributed by atoms with Gasteiger partial charge in [0, 0.05) is 37.2 Å². The van der Waals surface area contributed by atoms with Crippen LogP contribution in [-0.4, -0.2) is 35.5 Å². The van der Waals surface area contributed by atoms with Crippen LogP contribution in [0.5, 0.6) is 0 Å². The summed E-state index contributed by atoms with van der Waals surface area (Å²) >= 11 is 0. The summed E-state index contributed by atoms with van der Waals surface area (Å²) in [6.07, 6.45) is 2.39. The molecule has 144 valence electrons. The van der Waals surface area contributed by atoms with Crippen LogP contribution in [0, 0.1) is 28.6 Å². The van der Waals surface area contributed by atoms with Gasteiger partial charge in [-0.25, -0.2) is 0 Å². The lowest BCUT2D eigenvalue weighted by Gasteiger charge is -2.55. The minimum atomic E-state index is -1.15. The van der Waals surface area contributed by atoms with Crippen molar-refractivity contribution in [2.45, 2.75) is 45.0 Å². The SMILES string of the molecule is CC1CC(=O)C23COC(O)C2CC(=O)CC3C12CC(c1ccoc1)OC2=O. The van der Waals surface area contributed by atoms with Crippen molar-refractivity contribution >= 4 is 17.5 Å². The van der Waals surface area contributed by atoms with Crippen molar-refractivity contribution in [2.75, 3.05) is 6.61 Å². The molecule has 4 fully saturated rings. The van der Waals surface area contributed by atoms with Gasteiger partial charge in [-0.2, -0.15) is 0 Å². The highest BCUT2D eigenvalue weighted by Crippen LogP contribution is 2.67. The molecular formula is C20H22O7. The monoisotopic (exact) mass is 374 g/mol. The Morgan fingerprint density at radius 3 is 2.70 bits per heavy atom. The summed E-state index contributed by atoms with van der Waals surface area (Å²) < 4.78 is 16.3. The number of cyclic esters (lactones) is 1. The second-order valence-electron chi connectivity index (χ2n) is 8.57. The van der Waals surface area contributed by atoms with E-state index in [9.17, 15) is 19.5 Å². The number of esters is 1. The first-order chi connectivity index (χ1) is 12.9. The molecule has 0 radical (unpaired) electrons. The molecule has 1 N–H and O–H groups in total. The van der Waals surface area contributed by atoms with Crippen LogP contribution in [0.1, 0.15) is 44.3 Å². The van der Waals surface area contributed by atoms with Crippen molar-refractivity contribution < 1.29 is 33.4 Å². The number of Topliss-reactive ketones (excluding diaryl/α,β-unsaturated/α-hetero) is 2. The van der Waals surface area contributed by atoms with Gasteiger partial charge < -0.3 is 19.0 Å². The second-order valence-corrected chi connectivity index (χ2v) is 8.57. The average Bonchev–Trinajstić information content (AvgIpc) is 3.33. The van der Waals surface area contributed by atoms with E-state index in [0.29, 0.717) is 6.42 Å². The molecule has 7 atom stereocenters. The molecule has 27 heavy (non-hydrogen) atoms. The van der Waals surface area contributed by atoms with E-state index in [1.54, 1.807) is 12.3 Å². The Morgan fingerprint density at radius 1 is 1.15 bits per heavy atom. The predicted molar refractivity (Wildman–Crippen MR) is 89.0 cm³/mol. The van der Waals surface area contributed by atoms with Crippen molar-refractivity contribution in [1.29, 1.82) is 0 Å². The van der Waals surface area contributed by atoms with Gasteiger partial charge in [0.15, 0.2) is 6.29 Å². The Bertz CT molecular complexity index is 814. The molecule has 4 aliphatic rings. The zero-order chi connectivity index (χ0) is 19.0. The van der Waals surface area contributed by atoms with E-state index in [1.165, 1.54) is 6.26 Å². The van der Waals surface area contributed by atoms with E-state index in [0.717, 1.165) is 5.56 Å². The lowest BCUT2D eigenvalue weighted by atomic mass is 9.44. The van der Waals surface area contributed by atoms with Crippen molar-refractivity contribution in [2.24, 2.45) is 28.6 Å². The standard InChI is InChI=1S/C20H22O7/c1-10-4-16(22)20-9-26-17(23)13(20)5-12(21)6-15(20)19(10)7-14(27-18(19)24)11-2-3-25-8-11/h2-3,8,10,13-15,17,23H,4-7,9H2,1H3. The fourth-order valence-corrected chi connectivity index (χ4v) is 6.20. The van der Waals surface area contributed by atoms with Crippen LogP contribution in [0.3, 0.4) is 0 Å². The number of rotatable bonds is 1. The Labute approximate surface area is 156 Å². The van der Waals surface area contributed by atoms with E-state index in [2.05, 4.69) is 0 Å². The number of ketones is 2. The van der Waals surface area contributed by atoms with Gasteiger partial charge in [0.1, 0.15) is 17.7 Å². The molecule has 1 aromatic heterocycles. The molecule has 2 spiro atoms. The molecular weight excluding hydrogens is 352 g/mol. The Kier molecular flexibility index (Phi) is 3.50. The zero-order valence-electron chi connectivity index (χ0n) is 15.1. The van der Waals surface area contributed by atoms with Gasteiger partial charge in [-0.1, -0.05) is 6.92 Å². The fraction of sp³-hybridized carbons (Fsp3) is 0.650. The normalized spacial score (nSPS) is 46.4. The van der Waals surface area contributed by atoms with Gasteiger partial charge in [-0.3, -0.25) is 14.4 Å². The van der Waals surface area contributed by atoms with Crippen molar-refractivity contribution in [1.82, 2.24) is 0 Å². The van der Waals surface area contributed by atoms with E-state index < -0.39 is 35.1 Å². The number of hydrogen-bond acceptors (Lipinski definition) is 7. The summed E-state index contributed by atoms with van der Waals surface area (Å²) in [5.41, 5.74) is -1.14. The predicted octanol–water partition coefficient (Wildman–Crippen LogP) is 1.79. The first-order valence-electron chi connectivity index (χ1n) is 9.47. The van der Waals surface area contributed by atoms with Gasteiger partial charge in [0.05, 0.1) is 30.0 Å². The van der Waals surface area contributed by atoms with E-state index in [-0.39, 0.29) is 49.3 Å². The van der Waals surface area contributed by atoms with Crippen LogP contribution < -0.4 is 0 Å². The highest BCUT2D eigenvalue weighted by molar-refractivity contribution is 5.95. The number of furan rings is 1. The fourth-order valence-electron chi connectivity index (χ4n) is 6.20. The Balaban J connectivity index is 1.63. The third kappa shape index (κ3) is 2.01. The quantitative estimate of drug-likeness (QED) is 0.748. The second kappa shape index (κ2) is 5.52. The molecule has 7 unspecified atom stereocenters. The average molecular weight is 374 g/mol. The summed E-state index contributed by atoms with van der Waals surface area (Å²) in [4.78, 5) is 38.9. The van der Waals surface area contributed by atoms with E-state index >= 15 is 0 Å². The maximum atomic E-state index is 13.2. The van der Waals surface area contributed by atoms with Crippen LogP contribution in [0.25, 0.3) is 0 Å². The number of hydrogen-bond donors (Lipinski definition) is 1. The number of carbonyl (C=O) groups excluding carboxylic acids is 3. The summed E-state index contributed by atoms with van der Waals surface area (Å²) in [6.45, 7) is 1.96. The van der Waals surface area contributed by atoms with Crippen molar-refractivity contribution in [3.63, 3.8) is 0 Å². The molecule has 2 saturated heterocycles. The third-order valence-corrected chi connectivity index (χ3v) is 7.58. The van der Waals surface area contributed by atoms with Gasteiger partial charge in [-0.05, 0) is 17.9 Å². The molecule has 3 heterocycles. The van der Waals surface area contributed by atoms with Gasteiger partial charge in [0.2, 0.25) is 0 Å². The molecule has 1 aromatic rings. The minimum Gasteiger partial charge on any atom is -0.472 e. The van der Waals surface area contributed by atoms with Crippen LogP contribution in [0.2, 0.25) is 0 Å². The van der Waals surface area contributed by atoms with Crippen LogP contribution in [0.4, 0.5) is 0 Å². The summed E-state index contributed by atoms with van der Waals surface area (Å²) in [7, 11) is 0. The summed E-state index contributed by atoms with van der Waals surface area (Å²) in [6, 6.07) is 1.77. The largest absolute Gasteiger partial charge is 0.472 e. The molecule has 2 aliphatic heterocycles. The first-order valence-corrected chi connectivity index (χ1v) is 9.47. The lowest BCUT2D eigenvalue weighted by Crippen LogP contribution is -2.63. The van der Waals surface area contributed by atoms with Crippen LogP contribution in [0.15, 0.2) is 23.0 Å². The number of carbonyl (C=O) groups is 3. The molecule has 0 aromatic carbocycles. The molecule has 2 saturated carbocycles. The zero-order valence-corrected chi connectivity index (χ0v) is 15.1. The lowest BCUT2D eigenvalue weighted by molar-refractivity contribution is -0.176. The number of ether oxygens (including phenoxy) is 2. The molecule has 7 nitrogen and oxygen atoms in total. The summed E-state index contributed by atoms with van der Waals surface area (Å²) in [5.74, 6) is -1.72. The maximum Gasteiger partial charge on any atom is 0.313 e. The molecule has 0 amide bonds. The summed E-state index contributed by atoms with van der Waals surface area (Å²) in [5, 5.41) is 10.3. The topological polar surface area (TPSA) is 103 Å². The Morgan fingerprint density at radius 2 is 1.96 bits per heavy atom. The van der Waals surface area contributed by atoms with Crippen molar-refractivity contribution in [3.05, 3.63) is 24.2 Å². The van der Waals surface area contributed by atoms with Crippen molar-refractivity contribution in [3.8, 4) is 0 Å². The third-order valence-electron chi connectivity index (χ3n) is 7.58. The van der Waals surface area contributed by atoms with Crippen LogP contribution in [-0.2, 0) is 23.9 Å². The van der Waals surface area contributed by atoms with Gasteiger partial charge in [-0.15, -0.1) is 0 Å². The molecule has 2 aliphatic carbocycles. The molecule has 7 heteroatoms. The number of aliphatic hydroxyl groups is 1. The Hall–Kier alpha value is -1.99. The van der Waals surface area contributed by atoms with E-state index in [1.807, 2.05) is 6.92 Å². The highest BCUT2D eigenvalue weighted by atomic mass is 16.6. The van der Waals surface area contributed by atoms with Gasteiger partial charge >= 0.3 is 5.97 Å². The van der Waals surface area contributed by atoms with Gasteiger partial charge in [0.25, 0.3) is 0 Å². The minimum absolute atomic E-state index is 0.000707.